The molecular weight excluding hydrogens is 312 g/mol. The van der Waals surface area contributed by atoms with Gasteiger partial charge >= 0.3 is 0 Å². The van der Waals surface area contributed by atoms with Gasteiger partial charge in [-0.15, -0.1) is 0 Å². The van der Waals surface area contributed by atoms with E-state index >= 15 is 0 Å². The van der Waals surface area contributed by atoms with Crippen LogP contribution in [-0.4, -0.2) is 37.6 Å². The molecule has 1 aliphatic heterocycles. The molecular formula is C21H32N2O2. The third-order valence-electron chi connectivity index (χ3n) is 5.77. The van der Waals surface area contributed by atoms with E-state index in [1.807, 2.05) is 12.1 Å². The highest BCUT2D eigenvalue weighted by Gasteiger charge is 2.27. The Balaban J connectivity index is 1.70. The summed E-state index contributed by atoms with van der Waals surface area (Å²) in [5.74, 6) is 1.38. The topological polar surface area (TPSA) is 41.6 Å². The molecule has 1 N–H and O–H groups in total. The number of methoxy groups -OCH3 is 1. The van der Waals surface area contributed by atoms with Crippen molar-refractivity contribution in [3.8, 4) is 5.75 Å². The number of nitrogens with one attached hydrogen (secondary N) is 1. The second kappa shape index (κ2) is 9.23. The zero-order valence-corrected chi connectivity index (χ0v) is 15.5. The van der Waals surface area contributed by atoms with Crippen molar-refractivity contribution in [3.63, 3.8) is 0 Å². The Morgan fingerprint density at radius 3 is 2.52 bits per heavy atom. The monoisotopic (exact) mass is 344 g/mol. The van der Waals surface area contributed by atoms with Crippen molar-refractivity contribution < 1.29 is 9.53 Å². The van der Waals surface area contributed by atoms with E-state index in [9.17, 15) is 4.79 Å². The van der Waals surface area contributed by atoms with Gasteiger partial charge in [0.05, 0.1) is 13.2 Å². The van der Waals surface area contributed by atoms with Crippen LogP contribution >= 0.6 is 0 Å². The average molecular weight is 344 g/mol. The van der Waals surface area contributed by atoms with Crippen molar-refractivity contribution in [2.24, 2.45) is 5.92 Å². The number of para-hydroxylation sites is 1. The normalized spacial score (nSPS) is 20.8. The molecule has 1 aromatic rings. The van der Waals surface area contributed by atoms with Crippen LogP contribution in [0.2, 0.25) is 0 Å². The van der Waals surface area contributed by atoms with Gasteiger partial charge in [0.15, 0.2) is 0 Å². The Morgan fingerprint density at radius 1 is 1.12 bits per heavy atom. The molecule has 1 heterocycles. The molecule has 1 saturated heterocycles. The lowest BCUT2D eigenvalue weighted by atomic mass is 9.88. The van der Waals surface area contributed by atoms with Crippen molar-refractivity contribution in [1.82, 2.24) is 10.2 Å². The zero-order valence-electron chi connectivity index (χ0n) is 15.5. The van der Waals surface area contributed by atoms with Crippen LogP contribution in [0.25, 0.3) is 0 Å². The number of benzene rings is 1. The molecule has 4 heteroatoms. The van der Waals surface area contributed by atoms with E-state index in [1.165, 1.54) is 44.1 Å². The SMILES string of the molecule is COc1ccccc1C(CNC(=O)C1CCCCC1)N1CCCCC1. The Kier molecular flexibility index (Phi) is 6.74. The largest absolute Gasteiger partial charge is 0.496 e. The minimum absolute atomic E-state index is 0.198. The molecule has 2 aliphatic rings. The van der Waals surface area contributed by atoms with Gasteiger partial charge in [-0.25, -0.2) is 0 Å². The molecule has 1 aliphatic carbocycles. The summed E-state index contributed by atoms with van der Waals surface area (Å²) in [6, 6.07) is 8.44. The van der Waals surface area contributed by atoms with E-state index in [2.05, 4.69) is 22.3 Å². The molecule has 2 fully saturated rings. The van der Waals surface area contributed by atoms with E-state index in [-0.39, 0.29) is 17.9 Å². The number of hydrogen-bond donors (Lipinski definition) is 1. The van der Waals surface area contributed by atoms with Crippen molar-refractivity contribution in [1.29, 1.82) is 0 Å². The van der Waals surface area contributed by atoms with Crippen LogP contribution in [0.4, 0.5) is 0 Å². The number of amides is 1. The van der Waals surface area contributed by atoms with Gasteiger partial charge in [-0.2, -0.15) is 0 Å². The highest BCUT2D eigenvalue weighted by Crippen LogP contribution is 2.31. The maximum absolute atomic E-state index is 12.6. The van der Waals surface area contributed by atoms with Gasteiger partial charge in [0, 0.05) is 18.0 Å². The summed E-state index contributed by atoms with van der Waals surface area (Å²) >= 11 is 0. The number of ether oxygens (including phenoxy) is 1. The maximum Gasteiger partial charge on any atom is 0.223 e. The van der Waals surface area contributed by atoms with Crippen molar-refractivity contribution >= 4 is 5.91 Å². The number of nitrogens with zero attached hydrogens (tertiary/aromatic N) is 1. The summed E-state index contributed by atoms with van der Waals surface area (Å²) in [6.07, 6.45) is 9.56. The van der Waals surface area contributed by atoms with E-state index in [1.54, 1.807) is 7.11 Å². The fourth-order valence-corrected chi connectivity index (χ4v) is 4.31. The van der Waals surface area contributed by atoms with Crippen LogP contribution in [0, 0.1) is 5.92 Å². The van der Waals surface area contributed by atoms with Gasteiger partial charge in [0.1, 0.15) is 5.75 Å². The van der Waals surface area contributed by atoms with E-state index in [0.717, 1.165) is 31.7 Å². The summed E-state index contributed by atoms with van der Waals surface area (Å²) in [6.45, 7) is 2.87. The van der Waals surface area contributed by atoms with E-state index in [0.29, 0.717) is 6.54 Å². The highest BCUT2D eigenvalue weighted by atomic mass is 16.5. The molecule has 138 valence electrons. The first kappa shape index (κ1) is 18.2. The molecule has 1 saturated carbocycles. The molecule has 0 bridgehead atoms. The number of piperidine rings is 1. The van der Waals surface area contributed by atoms with Crippen LogP contribution in [-0.2, 0) is 4.79 Å². The van der Waals surface area contributed by atoms with Crippen molar-refractivity contribution in [2.45, 2.75) is 57.4 Å². The van der Waals surface area contributed by atoms with Crippen LogP contribution in [0.5, 0.6) is 5.75 Å². The molecule has 1 aromatic carbocycles. The van der Waals surface area contributed by atoms with Gasteiger partial charge in [-0.3, -0.25) is 9.69 Å². The first-order chi connectivity index (χ1) is 12.3. The van der Waals surface area contributed by atoms with Crippen molar-refractivity contribution in [2.75, 3.05) is 26.7 Å². The molecule has 0 radical (unpaired) electrons. The number of likely N-dealkylation sites (tertiary alicyclic amines) is 1. The molecule has 1 amide bonds. The first-order valence-corrected chi connectivity index (χ1v) is 9.94. The van der Waals surface area contributed by atoms with Crippen LogP contribution in [0.1, 0.15) is 63.0 Å². The lowest BCUT2D eigenvalue weighted by Gasteiger charge is -2.36. The fourth-order valence-electron chi connectivity index (χ4n) is 4.31. The molecule has 25 heavy (non-hydrogen) atoms. The third kappa shape index (κ3) is 4.75. The number of rotatable bonds is 6. The lowest BCUT2D eigenvalue weighted by Crippen LogP contribution is -2.42. The molecule has 1 atom stereocenters. The van der Waals surface area contributed by atoms with Gasteiger partial charge in [0.2, 0.25) is 5.91 Å². The molecule has 1 unspecified atom stereocenters. The minimum Gasteiger partial charge on any atom is -0.496 e. The molecule has 0 aromatic heterocycles. The van der Waals surface area contributed by atoms with Crippen LogP contribution in [0.3, 0.4) is 0 Å². The molecule has 0 spiro atoms. The predicted octanol–water partition coefficient (Wildman–Crippen LogP) is 3.92. The second-order valence-electron chi connectivity index (χ2n) is 7.43. The summed E-state index contributed by atoms with van der Waals surface area (Å²) in [5.41, 5.74) is 1.19. The molecule has 3 rings (SSSR count). The smallest absolute Gasteiger partial charge is 0.223 e. The minimum atomic E-state index is 0.198. The second-order valence-corrected chi connectivity index (χ2v) is 7.43. The maximum atomic E-state index is 12.6. The summed E-state index contributed by atoms with van der Waals surface area (Å²) in [4.78, 5) is 15.1. The van der Waals surface area contributed by atoms with Gasteiger partial charge in [-0.1, -0.05) is 43.9 Å². The Labute approximate surface area is 151 Å². The highest BCUT2D eigenvalue weighted by molar-refractivity contribution is 5.78. The van der Waals surface area contributed by atoms with Gasteiger partial charge in [0.25, 0.3) is 0 Å². The van der Waals surface area contributed by atoms with E-state index in [4.69, 9.17) is 4.74 Å². The molecule has 4 nitrogen and oxygen atoms in total. The standard InChI is InChI=1S/C21H32N2O2/c1-25-20-13-7-6-12-18(20)19(23-14-8-3-9-15-23)16-22-21(24)17-10-4-2-5-11-17/h6-7,12-13,17,19H,2-5,8-11,14-16H2,1H3,(H,22,24). The summed E-state index contributed by atoms with van der Waals surface area (Å²) < 4.78 is 5.60. The average Bonchev–Trinajstić information content (AvgIpc) is 2.70. The first-order valence-electron chi connectivity index (χ1n) is 9.94. The van der Waals surface area contributed by atoms with Crippen molar-refractivity contribution in [3.05, 3.63) is 29.8 Å². The fraction of sp³-hybridized carbons (Fsp3) is 0.667. The number of hydrogen-bond acceptors (Lipinski definition) is 3. The summed E-state index contributed by atoms with van der Waals surface area (Å²) in [5, 5.41) is 3.26. The Bertz CT molecular complexity index is 549. The summed E-state index contributed by atoms with van der Waals surface area (Å²) in [7, 11) is 1.73. The number of carbonyl (C=O) groups is 1. The van der Waals surface area contributed by atoms with Crippen LogP contribution in [0.15, 0.2) is 24.3 Å². The lowest BCUT2D eigenvalue weighted by molar-refractivity contribution is -0.126. The number of carbonyl (C=O) groups excluding carboxylic acids is 1. The van der Waals surface area contributed by atoms with Crippen LogP contribution < -0.4 is 10.1 Å². The Morgan fingerprint density at radius 2 is 1.80 bits per heavy atom. The quantitative estimate of drug-likeness (QED) is 0.850. The Hall–Kier alpha value is -1.55. The van der Waals surface area contributed by atoms with E-state index < -0.39 is 0 Å². The van der Waals surface area contributed by atoms with Gasteiger partial charge in [-0.05, 0) is 44.8 Å². The zero-order chi connectivity index (χ0) is 17.5. The third-order valence-corrected chi connectivity index (χ3v) is 5.77. The predicted molar refractivity (Wildman–Crippen MR) is 101 cm³/mol. The van der Waals surface area contributed by atoms with Gasteiger partial charge < -0.3 is 10.1 Å².